The van der Waals surface area contributed by atoms with Gasteiger partial charge in [-0.3, -0.25) is 0 Å². The van der Waals surface area contributed by atoms with Crippen LogP contribution in [-0.4, -0.2) is 0 Å². The maximum Gasteiger partial charge on any atom is 0.301 e. The highest BCUT2D eigenvalue weighted by Gasteiger charge is 2.21. The van der Waals surface area contributed by atoms with Crippen molar-refractivity contribution in [2.45, 2.75) is 0 Å². The number of hydrogen-bond donors (Lipinski definition) is 0. The Morgan fingerprint density at radius 3 is 1.81 bits per heavy atom. The van der Waals surface area contributed by atoms with Gasteiger partial charge in [0.15, 0.2) is 10.3 Å². The standard InChI is InChI=1S/C23H14ClS2/c24-23-18-12-6-4-10-16(18)22(17-11-5-7-13-19(17)23)21-14-20(25-26-21)15-8-2-1-3-9-15/h1-14H/q+1. The highest BCUT2D eigenvalue weighted by atomic mass is 35.5. The Morgan fingerprint density at radius 2 is 1.19 bits per heavy atom. The lowest BCUT2D eigenvalue weighted by Crippen LogP contribution is -1.85. The summed E-state index contributed by atoms with van der Waals surface area (Å²) in [6, 6.07) is 29.8. The second-order valence-corrected chi connectivity index (χ2v) is 8.78. The summed E-state index contributed by atoms with van der Waals surface area (Å²) in [5, 5.41) is 5.49. The van der Waals surface area contributed by atoms with Crippen LogP contribution in [0, 0.1) is 0 Å². The topological polar surface area (TPSA) is 0 Å². The van der Waals surface area contributed by atoms with Crippen molar-refractivity contribution in [1.82, 2.24) is 0 Å². The predicted octanol–water partition coefficient (Wildman–Crippen LogP) is 8.38. The van der Waals surface area contributed by atoms with Gasteiger partial charge in [-0.15, -0.1) is 0 Å². The van der Waals surface area contributed by atoms with Crippen molar-refractivity contribution in [2.24, 2.45) is 0 Å². The molecule has 3 heteroatoms. The first-order valence-electron chi connectivity index (χ1n) is 8.41. The van der Waals surface area contributed by atoms with E-state index in [1.807, 2.05) is 20.7 Å². The molecule has 0 aliphatic heterocycles. The molecular weight excluding hydrogens is 376 g/mol. The smallest absolute Gasteiger partial charge is 0.0830 e. The van der Waals surface area contributed by atoms with Crippen LogP contribution in [0.15, 0.2) is 84.9 Å². The van der Waals surface area contributed by atoms with E-state index in [-0.39, 0.29) is 0 Å². The minimum atomic E-state index is 0.837. The molecule has 0 saturated carbocycles. The number of hydrogen-bond acceptors (Lipinski definition) is 1. The van der Waals surface area contributed by atoms with E-state index in [1.54, 1.807) is 0 Å². The minimum absolute atomic E-state index is 0.837. The van der Waals surface area contributed by atoms with Gasteiger partial charge in [0.05, 0.1) is 9.90 Å². The van der Waals surface area contributed by atoms with Crippen LogP contribution < -0.4 is 0 Å². The van der Waals surface area contributed by atoms with Crippen LogP contribution in [0.2, 0.25) is 5.02 Å². The zero-order valence-electron chi connectivity index (χ0n) is 13.8. The fourth-order valence-electron chi connectivity index (χ4n) is 3.45. The second-order valence-electron chi connectivity index (χ2n) is 6.19. The van der Waals surface area contributed by atoms with Gasteiger partial charge in [0.2, 0.25) is 0 Å². The van der Waals surface area contributed by atoms with E-state index in [0.717, 1.165) is 15.8 Å². The van der Waals surface area contributed by atoms with Gasteiger partial charge in [-0.25, -0.2) is 0 Å². The summed E-state index contributed by atoms with van der Waals surface area (Å²) in [4.78, 5) is 2.59. The van der Waals surface area contributed by atoms with E-state index in [1.165, 1.54) is 31.7 Å². The molecule has 5 aromatic rings. The largest absolute Gasteiger partial charge is 0.301 e. The Hall–Kier alpha value is -2.26. The van der Waals surface area contributed by atoms with E-state index in [0.29, 0.717) is 0 Å². The molecular formula is C23H14ClS2+. The molecule has 0 bridgehead atoms. The normalized spacial score (nSPS) is 11.3. The van der Waals surface area contributed by atoms with Crippen molar-refractivity contribution < 1.29 is 0 Å². The lowest BCUT2D eigenvalue weighted by Gasteiger charge is -2.11. The van der Waals surface area contributed by atoms with Crippen molar-refractivity contribution in [1.29, 1.82) is 0 Å². The molecule has 26 heavy (non-hydrogen) atoms. The summed E-state index contributed by atoms with van der Waals surface area (Å²) in [5.41, 5.74) is 2.55. The fourth-order valence-corrected chi connectivity index (χ4v) is 6.26. The molecule has 0 unspecified atom stereocenters. The average Bonchev–Trinajstić information content (AvgIpc) is 3.19. The van der Waals surface area contributed by atoms with Gasteiger partial charge in [-0.05, 0) is 22.9 Å². The number of halogens is 1. The summed E-state index contributed by atoms with van der Waals surface area (Å²) in [5.74, 6) is 0. The SMILES string of the molecule is Clc1c2ccccc2c(-c2cc(-c3ccccc3)[s+]s2)c2ccccc12. The number of rotatable bonds is 2. The van der Waals surface area contributed by atoms with Crippen LogP contribution in [0.1, 0.15) is 0 Å². The molecule has 0 nitrogen and oxygen atoms in total. The molecule has 1 heterocycles. The van der Waals surface area contributed by atoms with Crippen molar-refractivity contribution in [3.05, 3.63) is 90.0 Å². The van der Waals surface area contributed by atoms with Gasteiger partial charge in [-0.2, -0.15) is 0 Å². The summed E-state index contributed by atoms with van der Waals surface area (Å²) >= 11 is 6.74. The van der Waals surface area contributed by atoms with Crippen LogP contribution in [0.5, 0.6) is 0 Å². The summed E-state index contributed by atoms with van der Waals surface area (Å²) in [6.07, 6.45) is 0. The van der Waals surface area contributed by atoms with Crippen molar-refractivity contribution in [3.63, 3.8) is 0 Å². The Balaban J connectivity index is 1.84. The maximum absolute atomic E-state index is 6.74. The van der Waals surface area contributed by atoms with Gasteiger partial charge in [0, 0.05) is 28.0 Å². The van der Waals surface area contributed by atoms with E-state index in [4.69, 9.17) is 11.6 Å². The van der Waals surface area contributed by atoms with E-state index >= 15 is 0 Å². The summed E-state index contributed by atoms with van der Waals surface area (Å²) < 4.78 is 0. The van der Waals surface area contributed by atoms with Gasteiger partial charge in [-0.1, -0.05) is 78.3 Å². The van der Waals surface area contributed by atoms with Crippen molar-refractivity contribution in [3.8, 4) is 20.9 Å². The predicted molar refractivity (Wildman–Crippen MR) is 117 cm³/mol. The number of fused-ring (bicyclic) bond motifs is 2. The highest BCUT2D eigenvalue weighted by Crippen LogP contribution is 2.45. The first-order valence-corrected chi connectivity index (χ1v) is 10.9. The van der Waals surface area contributed by atoms with Crippen LogP contribution >= 0.6 is 32.3 Å². The first-order chi connectivity index (χ1) is 12.8. The van der Waals surface area contributed by atoms with Crippen LogP contribution in [0.3, 0.4) is 0 Å². The monoisotopic (exact) mass is 389 g/mol. The summed E-state index contributed by atoms with van der Waals surface area (Å²) in [7, 11) is 3.66. The molecule has 124 valence electrons. The van der Waals surface area contributed by atoms with E-state index in [2.05, 4.69) is 84.9 Å². The van der Waals surface area contributed by atoms with E-state index in [9.17, 15) is 0 Å². The maximum atomic E-state index is 6.74. The quantitative estimate of drug-likeness (QED) is 0.161. The molecule has 5 rings (SSSR count). The Bertz CT molecular complexity index is 1180. The average molecular weight is 390 g/mol. The first kappa shape index (κ1) is 16.0. The number of benzene rings is 4. The third kappa shape index (κ3) is 2.53. The molecule has 0 aliphatic rings. The highest BCUT2D eigenvalue weighted by molar-refractivity contribution is 7.72. The Morgan fingerprint density at radius 1 is 0.654 bits per heavy atom. The molecule has 0 saturated heterocycles. The fraction of sp³-hybridized carbons (Fsp3) is 0. The zero-order valence-corrected chi connectivity index (χ0v) is 16.2. The third-order valence-electron chi connectivity index (χ3n) is 4.65. The lowest BCUT2D eigenvalue weighted by atomic mass is 9.95. The molecule has 1 aromatic heterocycles. The van der Waals surface area contributed by atoms with E-state index < -0.39 is 0 Å². The molecule has 0 atom stereocenters. The minimum Gasteiger partial charge on any atom is -0.0830 e. The second kappa shape index (κ2) is 6.48. The molecule has 0 amide bonds. The Kier molecular flexibility index (Phi) is 3.97. The van der Waals surface area contributed by atoms with Crippen molar-refractivity contribution in [2.75, 3.05) is 0 Å². The van der Waals surface area contributed by atoms with Crippen LogP contribution in [-0.2, 0) is 0 Å². The van der Waals surface area contributed by atoms with Crippen LogP contribution in [0.4, 0.5) is 0 Å². The van der Waals surface area contributed by atoms with Gasteiger partial charge >= 0.3 is 10.3 Å². The molecule has 4 aromatic carbocycles. The van der Waals surface area contributed by atoms with Gasteiger partial charge in [0.1, 0.15) is 0 Å². The van der Waals surface area contributed by atoms with Gasteiger partial charge < -0.3 is 0 Å². The molecule has 0 spiro atoms. The molecule has 0 fully saturated rings. The third-order valence-corrected chi connectivity index (χ3v) is 7.51. The lowest BCUT2D eigenvalue weighted by molar-refractivity contribution is 1.70. The van der Waals surface area contributed by atoms with Crippen LogP contribution in [0.25, 0.3) is 42.4 Å². The molecule has 0 aliphatic carbocycles. The molecule has 0 radical (unpaired) electrons. The molecule has 0 N–H and O–H groups in total. The van der Waals surface area contributed by atoms with Gasteiger partial charge in [0.25, 0.3) is 4.88 Å². The Labute approximate surface area is 164 Å². The zero-order chi connectivity index (χ0) is 17.5. The summed E-state index contributed by atoms with van der Waals surface area (Å²) in [6.45, 7) is 0. The van der Waals surface area contributed by atoms with Crippen molar-refractivity contribution >= 4 is 53.8 Å².